The molecule has 66 valence electrons. The number of nitrogens with one attached hydrogen (secondary N) is 1. The predicted octanol–water partition coefficient (Wildman–Crippen LogP) is 0.938. The zero-order chi connectivity index (χ0) is 8.69. The maximum Gasteiger partial charge on any atom is 0.222 e. The third-order valence-electron chi connectivity index (χ3n) is 1.64. The summed E-state index contributed by atoms with van der Waals surface area (Å²) in [5.41, 5.74) is 0. The van der Waals surface area contributed by atoms with E-state index in [1.165, 1.54) is 0 Å². The average molecular weight is 159 g/mol. The van der Waals surface area contributed by atoms with E-state index < -0.39 is 0 Å². The summed E-state index contributed by atoms with van der Waals surface area (Å²) >= 11 is 0. The van der Waals surface area contributed by atoms with Crippen molar-refractivity contribution in [1.29, 1.82) is 0 Å². The largest absolute Gasteiger partial charge is 0.381 e. The summed E-state index contributed by atoms with van der Waals surface area (Å²) in [5.74, 6) is 0.0466. The number of hydrogen-bond acceptors (Lipinski definition) is 2. The fourth-order valence-corrected chi connectivity index (χ4v) is 0.934. The van der Waals surface area contributed by atoms with Gasteiger partial charge in [-0.3, -0.25) is 4.79 Å². The van der Waals surface area contributed by atoms with Crippen molar-refractivity contribution in [3.8, 4) is 0 Å². The van der Waals surface area contributed by atoms with Gasteiger partial charge in [0.25, 0.3) is 0 Å². The van der Waals surface area contributed by atoms with Gasteiger partial charge in [0.1, 0.15) is 0 Å². The molecular formula is C8H17NO2. The molecule has 0 fully saturated rings. The molecule has 0 bridgehead atoms. The van der Waals surface area contributed by atoms with Crippen LogP contribution in [0.1, 0.15) is 26.2 Å². The van der Waals surface area contributed by atoms with Gasteiger partial charge in [-0.2, -0.15) is 0 Å². The number of ether oxygens (including phenoxy) is 1. The lowest BCUT2D eigenvalue weighted by atomic mass is 10.1. The molecule has 1 N–H and O–H groups in total. The molecule has 0 aliphatic carbocycles. The second-order valence-corrected chi connectivity index (χ2v) is 2.52. The topological polar surface area (TPSA) is 38.3 Å². The van der Waals surface area contributed by atoms with Crippen molar-refractivity contribution in [2.45, 2.75) is 32.3 Å². The Morgan fingerprint density at radius 3 is 2.64 bits per heavy atom. The first-order valence-electron chi connectivity index (χ1n) is 3.98. The number of methoxy groups -OCH3 is 1. The lowest BCUT2D eigenvalue weighted by Crippen LogP contribution is -2.24. The van der Waals surface area contributed by atoms with E-state index >= 15 is 0 Å². The summed E-state index contributed by atoms with van der Waals surface area (Å²) in [6, 6.07) is 0. The van der Waals surface area contributed by atoms with E-state index in [1.807, 2.05) is 0 Å². The molecule has 0 aliphatic heterocycles. The Hall–Kier alpha value is -0.570. The molecule has 0 aromatic heterocycles. The molecule has 1 amide bonds. The Labute approximate surface area is 68.1 Å². The van der Waals surface area contributed by atoms with E-state index in [4.69, 9.17) is 4.74 Å². The van der Waals surface area contributed by atoms with E-state index in [2.05, 4.69) is 12.2 Å². The molecule has 0 aliphatic rings. The monoisotopic (exact) mass is 159 g/mol. The van der Waals surface area contributed by atoms with Crippen molar-refractivity contribution in [2.24, 2.45) is 0 Å². The molecule has 3 nitrogen and oxygen atoms in total. The summed E-state index contributed by atoms with van der Waals surface area (Å²) in [4.78, 5) is 10.9. The Kier molecular flexibility index (Phi) is 5.84. The highest BCUT2D eigenvalue weighted by molar-refractivity contribution is 5.75. The van der Waals surface area contributed by atoms with Crippen molar-refractivity contribution in [3.63, 3.8) is 0 Å². The summed E-state index contributed by atoms with van der Waals surface area (Å²) in [7, 11) is 3.28. The maximum absolute atomic E-state index is 10.9. The highest BCUT2D eigenvalue weighted by atomic mass is 16.5. The van der Waals surface area contributed by atoms with E-state index in [-0.39, 0.29) is 12.0 Å². The van der Waals surface area contributed by atoms with E-state index in [0.717, 1.165) is 12.8 Å². The van der Waals surface area contributed by atoms with Crippen LogP contribution in [0.15, 0.2) is 0 Å². The smallest absolute Gasteiger partial charge is 0.222 e. The number of hydrogen-bond donors (Lipinski definition) is 1. The van der Waals surface area contributed by atoms with Gasteiger partial charge in [-0.1, -0.05) is 13.3 Å². The molecule has 3 heteroatoms. The van der Waals surface area contributed by atoms with Gasteiger partial charge in [0, 0.05) is 14.2 Å². The number of rotatable bonds is 5. The van der Waals surface area contributed by atoms with Crippen LogP contribution in [0.3, 0.4) is 0 Å². The van der Waals surface area contributed by atoms with Crippen LogP contribution in [-0.4, -0.2) is 26.2 Å². The van der Waals surface area contributed by atoms with Crippen molar-refractivity contribution in [3.05, 3.63) is 0 Å². The van der Waals surface area contributed by atoms with Crippen molar-refractivity contribution in [1.82, 2.24) is 5.32 Å². The van der Waals surface area contributed by atoms with Gasteiger partial charge in [0.2, 0.25) is 5.91 Å². The summed E-state index contributed by atoms with van der Waals surface area (Å²) in [6.45, 7) is 2.08. The minimum atomic E-state index is 0.0466. The minimum Gasteiger partial charge on any atom is -0.381 e. The third kappa shape index (κ3) is 4.79. The van der Waals surface area contributed by atoms with E-state index in [0.29, 0.717) is 6.42 Å². The molecule has 1 unspecified atom stereocenters. The Balaban J connectivity index is 3.58. The van der Waals surface area contributed by atoms with Gasteiger partial charge in [-0.25, -0.2) is 0 Å². The van der Waals surface area contributed by atoms with Gasteiger partial charge >= 0.3 is 0 Å². The zero-order valence-corrected chi connectivity index (χ0v) is 7.52. The lowest BCUT2D eigenvalue weighted by molar-refractivity contribution is -0.123. The van der Waals surface area contributed by atoms with Crippen LogP contribution < -0.4 is 5.32 Å². The van der Waals surface area contributed by atoms with Gasteiger partial charge in [0.15, 0.2) is 0 Å². The Bertz CT molecular complexity index is 115. The fraction of sp³-hybridized carbons (Fsp3) is 0.875. The standard InChI is InChI=1S/C8H17NO2/c1-4-5-7(11-3)6-8(10)9-2/h7H,4-6H2,1-3H3,(H,9,10). The van der Waals surface area contributed by atoms with Crippen LogP contribution in [0.2, 0.25) is 0 Å². The van der Waals surface area contributed by atoms with Crippen LogP contribution in [0.5, 0.6) is 0 Å². The first-order valence-corrected chi connectivity index (χ1v) is 3.98. The molecule has 0 radical (unpaired) electrons. The molecule has 11 heavy (non-hydrogen) atoms. The van der Waals surface area contributed by atoms with Gasteiger partial charge < -0.3 is 10.1 Å². The Morgan fingerprint density at radius 2 is 2.27 bits per heavy atom. The second-order valence-electron chi connectivity index (χ2n) is 2.52. The number of amides is 1. The van der Waals surface area contributed by atoms with Gasteiger partial charge in [-0.05, 0) is 6.42 Å². The summed E-state index contributed by atoms with van der Waals surface area (Å²) in [6.07, 6.45) is 2.56. The maximum atomic E-state index is 10.9. The van der Waals surface area contributed by atoms with E-state index in [1.54, 1.807) is 14.2 Å². The van der Waals surface area contributed by atoms with Crippen molar-refractivity contribution >= 4 is 5.91 Å². The zero-order valence-electron chi connectivity index (χ0n) is 7.52. The van der Waals surface area contributed by atoms with Crippen molar-refractivity contribution in [2.75, 3.05) is 14.2 Å². The normalized spacial score (nSPS) is 12.6. The quantitative estimate of drug-likeness (QED) is 0.648. The molecule has 0 saturated carbocycles. The van der Waals surface area contributed by atoms with Crippen LogP contribution in [0.4, 0.5) is 0 Å². The average Bonchev–Trinajstić information content (AvgIpc) is 2.03. The summed E-state index contributed by atoms with van der Waals surface area (Å²) in [5, 5.41) is 2.57. The van der Waals surface area contributed by atoms with Crippen LogP contribution in [0.25, 0.3) is 0 Å². The second kappa shape index (κ2) is 6.16. The molecule has 0 rings (SSSR count). The van der Waals surface area contributed by atoms with Gasteiger partial charge in [0.05, 0.1) is 12.5 Å². The fourth-order valence-electron chi connectivity index (χ4n) is 0.934. The van der Waals surface area contributed by atoms with Crippen molar-refractivity contribution < 1.29 is 9.53 Å². The lowest BCUT2D eigenvalue weighted by Gasteiger charge is -2.12. The third-order valence-corrected chi connectivity index (χ3v) is 1.64. The molecule has 1 atom stereocenters. The first kappa shape index (κ1) is 10.4. The number of carbonyl (C=O) groups is 1. The van der Waals surface area contributed by atoms with E-state index in [9.17, 15) is 4.79 Å². The Morgan fingerprint density at radius 1 is 1.64 bits per heavy atom. The first-order chi connectivity index (χ1) is 5.24. The molecule has 0 spiro atoms. The SMILES string of the molecule is CCCC(CC(=O)NC)OC. The molecule has 0 saturated heterocycles. The highest BCUT2D eigenvalue weighted by Gasteiger charge is 2.09. The van der Waals surface area contributed by atoms with Crippen LogP contribution in [-0.2, 0) is 9.53 Å². The van der Waals surface area contributed by atoms with Gasteiger partial charge in [-0.15, -0.1) is 0 Å². The highest BCUT2D eigenvalue weighted by Crippen LogP contribution is 2.04. The van der Waals surface area contributed by atoms with Crippen LogP contribution >= 0.6 is 0 Å². The predicted molar refractivity (Wildman–Crippen MR) is 44.4 cm³/mol. The molecule has 0 aromatic carbocycles. The van der Waals surface area contributed by atoms with Crippen LogP contribution in [0, 0.1) is 0 Å². The minimum absolute atomic E-state index is 0.0466. The summed E-state index contributed by atoms with van der Waals surface area (Å²) < 4.78 is 5.10. The molecule has 0 aromatic rings. The molecule has 0 heterocycles. The number of carbonyl (C=O) groups excluding carboxylic acids is 1. The molecular weight excluding hydrogens is 142 g/mol.